The summed E-state index contributed by atoms with van der Waals surface area (Å²) in [6, 6.07) is 0.420. The first-order valence-electron chi connectivity index (χ1n) is 6.93. The summed E-state index contributed by atoms with van der Waals surface area (Å²) in [5, 5.41) is 3.34. The number of hydrogen-bond acceptors (Lipinski definition) is 4. The lowest BCUT2D eigenvalue weighted by Crippen LogP contribution is -2.25. The first kappa shape index (κ1) is 14.9. The molecule has 1 aromatic rings. The van der Waals surface area contributed by atoms with E-state index in [2.05, 4.69) is 41.0 Å². The summed E-state index contributed by atoms with van der Waals surface area (Å²) in [5.74, 6) is 0.732. The maximum atomic E-state index is 4.26. The zero-order chi connectivity index (χ0) is 13.4. The molecule has 0 aliphatic heterocycles. The summed E-state index contributed by atoms with van der Waals surface area (Å²) in [5.41, 5.74) is 1.09. The van der Waals surface area contributed by atoms with Crippen LogP contribution in [-0.4, -0.2) is 40.5 Å². The van der Waals surface area contributed by atoms with E-state index in [1.807, 2.05) is 19.3 Å². The first-order chi connectivity index (χ1) is 8.65. The molecule has 0 aliphatic rings. The zero-order valence-electron chi connectivity index (χ0n) is 12.1. The van der Waals surface area contributed by atoms with Crippen LogP contribution in [0.25, 0.3) is 0 Å². The van der Waals surface area contributed by atoms with Crippen LogP contribution in [0.3, 0.4) is 0 Å². The summed E-state index contributed by atoms with van der Waals surface area (Å²) in [4.78, 5) is 11.0. The summed E-state index contributed by atoms with van der Waals surface area (Å²) < 4.78 is 0. The molecule has 1 rings (SSSR count). The molecule has 0 bridgehead atoms. The quantitative estimate of drug-likeness (QED) is 0.770. The van der Waals surface area contributed by atoms with E-state index in [4.69, 9.17) is 0 Å². The number of anilines is 1. The topological polar surface area (TPSA) is 41.0 Å². The molecule has 0 spiro atoms. The van der Waals surface area contributed by atoms with Crippen LogP contribution < -0.4 is 5.32 Å². The van der Waals surface area contributed by atoms with E-state index in [0.29, 0.717) is 6.04 Å². The van der Waals surface area contributed by atoms with E-state index in [9.17, 15) is 0 Å². The molecule has 1 N–H and O–H groups in total. The fourth-order valence-electron chi connectivity index (χ4n) is 1.92. The van der Waals surface area contributed by atoms with Crippen LogP contribution in [0.15, 0.2) is 12.4 Å². The average Bonchev–Trinajstić information content (AvgIpc) is 2.37. The second kappa shape index (κ2) is 8.03. The Kier molecular flexibility index (Phi) is 6.65. The Bertz CT molecular complexity index is 319. The molecule has 0 amide bonds. The van der Waals surface area contributed by atoms with Gasteiger partial charge in [-0.3, -0.25) is 0 Å². The highest BCUT2D eigenvalue weighted by molar-refractivity contribution is 5.25. The maximum Gasteiger partial charge on any atom is 0.222 e. The predicted molar refractivity (Wildman–Crippen MR) is 76.9 cm³/mol. The SMILES string of the molecule is CCN(CC)CCCC(C)Nc1ncc(C)cn1. The predicted octanol–water partition coefficient (Wildman–Crippen LogP) is 2.71. The Morgan fingerprint density at radius 1 is 1.22 bits per heavy atom. The fourth-order valence-corrected chi connectivity index (χ4v) is 1.92. The van der Waals surface area contributed by atoms with E-state index < -0.39 is 0 Å². The van der Waals surface area contributed by atoms with Gasteiger partial charge >= 0.3 is 0 Å². The molecule has 4 heteroatoms. The lowest BCUT2D eigenvalue weighted by atomic mass is 10.2. The van der Waals surface area contributed by atoms with Gasteiger partial charge in [-0.15, -0.1) is 0 Å². The molecule has 0 saturated carbocycles. The smallest absolute Gasteiger partial charge is 0.222 e. The van der Waals surface area contributed by atoms with E-state index in [1.165, 1.54) is 13.0 Å². The largest absolute Gasteiger partial charge is 0.352 e. The van der Waals surface area contributed by atoms with Crippen LogP contribution in [-0.2, 0) is 0 Å². The van der Waals surface area contributed by atoms with Crippen molar-refractivity contribution in [2.75, 3.05) is 25.0 Å². The lowest BCUT2D eigenvalue weighted by molar-refractivity contribution is 0.295. The standard InChI is InChI=1S/C14H26N4/c1-5-18(6-2)9-7-8-13(4)17-14-15-10-12(3)11-16-14/h10-11,13H,5-9H2,1-4H3,(H,15,16,17). The molecule has 1 unspecified atom stereocenters. The maximum absolute atomic E-state index is 4.26. The second-order valence-corrected chi connectivity index (χ2v) is 4.80. The van der Waals surface area contributed by atoms with Gasteiger partial charge in [0.05, 0.1) is 0 Å². The van der Waals surface area contributed by atoms with Crippen molar-refractivity contribution < 1.29 is 0 Å². The monoisotopic (exact) mass is 250 g/mol. The van der Waals surface area contributed by atoms with Gasteiger partial charge in [-0.2, -0.15) is 0 Å². The van der Waals surface area contributed by atoms with E-state index in [0.717, 1.165) is 31.0 Å². The fraction of sp³-hybridized carbons (Fsp3) is 0.714. The molecule has 1 aromatic heterocycles. The normalized spacial score (nSPS) is 12.7. The highest BCUT2D eigenvalue weighted by Crippen LogP contribution is 2.06. The molecule has 0 saturated heterocycles. The molecule has 1 atom stereocenters. The minimum atomic E-state index is 0.420. The summed E-state index contributed by atoms with van der Waals surface area (Å²) in [7, 11) is 0. The molecule has 0 radical (unpaired) electrons. The molecule has 102 valence electrons. The van der Waals surface area contributed by atoms with Crippen LogP contribution >= 0.6 is 0 Å². The number of rotatable bonds is 8. The molecule has 4 nitrogen and oxygen atoms in total. The van der Waals surface area contributed by atoms with Crippen molar-refractivity contribution >= 4 is 5.95 Å². The number of hydrogen-bond donors (Lipinski definition) is 1. The van der Waals surface area contributed by atoms with Gasteiger partial charge in [-0.1, -0.05) is 13.8 Å². The van der Waals surface area contributed by atoms with Crippen LogP contribution in [0, 0.1) is 6.92 Å². The van der Waals surface area contributed by atoms with Crippen molar-refractivity contribution in [1.82, 2.24) is 14.9 Å². The molecule has 1 heterocycles. The minimum absolute atomic E-state index is 0.420. The van der Waals surface area contributed by atoms with Gasteiger partial charge in [0.2, 0.25) is 5.95 Å². The highest BCUT2D eigenvalue weighted by Gasteiger charge is 2.05. The number of nitrogens with zero attached hydrogens (tertiary/aromatic N) is 3. The van der Waals surface area contributed by atoms with Crippen molar-refractivity contribution in [3.05, 3.63) is 18.0 Å². The van der Waals surface area contributed by atoms with Gasteiger partial charge in [-0.05, 0) is 51.9 Å². The van der Waals surface area contributed by atoms with Gasteiger partial charge in [0.25, 0.3) is 0 Å². The number of aromatic nitrogens is 2. The highest BCUT2D eigenvalue weighted by atomic mass is 15.1. The van der Waals surface area contributed by atoms with Gasteiger partial charge in [0, 0.05) is 18.4 Å². The minimum Gasteiger partial charge on any atom is -0.352 e. The van der Waals surface area contributed by atoms with Crippen molar-refractivity contribution in [1.29, 1.82) is 0 Å². The molecule has 18 heavy (non-hydrogen) atoms. The van der Waals surface area contributed by atoms with Gasteiger partial charge in [0.1, 0.15) is 0 Å². The molecular weight excluding hydrogens is 224 g/mol. The van der Waals surface area contributed by atoms with Crippen LogP contribution in [0.1, 0.15) is 39.2 Å². The zero-order valence-corrected chi connectivity index (χ0v) is 12.1. The lowest BCUT2D eigenvalue weighted by Gasteiger charge is -2.19. The second-order valence-electron chi connectivity index (χ2n) is 4.80. The summed E-state index contributed by atoms with van der Waals surface area (Å²) in [6.07, 6.45) is 6.05. The number of nitrogens with one attached hydrogen (secondary N) is 1. The Labute approximate surface area is 111 Å². The van der Waals surface area contributed by atoms with E-state index >= 15 is 0 Å². The number of aryl methyl sites for hydroxylation is 1. The van der Waals surface area contributed by atoms with Crippen LogP contribution in [0.2, 0.25) is 0 Å². The average molecular weight is 250 g/mol. The van der Waals surface area contributed by atoms with Crippen molar-refractivity contribution in [3.8, 4) is 0 Å². The van der Waals surface area contributed by atoms with Gasteiger partial charge < -0.3 is 10.2 Å². The third-order valence-corrected chi connectivity index (χ3v) is 3.16. The molecular formula is C14H26N4. The first-order valence-corrected chi connectivity index (χ1v) is 6.93. The third kappa shape index (κ3) is 5.45. The van der Waals surface area contributed by atoms with Crippen LogP contribution in [0.4, 0.5) is 5.95 Å². The molecule has 0 fully saturated rings. The van der Waals surface area contributed by atoms with Crippen molar-refractivity contribution in [3.63, 3.8) is 0 Å². The Morgan fingerprint density at radius 3 is 2.39 bits per heavy atom. The summed E-state index contributed by atoms with van der Waals surface area (Å²) >= 11 is 0. The van der Waals surface area contributed by atoms with Gasteiger partial charge in [-0.25, -0.2) is 9.97 Å². The molecule has 0 aromatic carbocycles. The Morgan fingerprint density at radius 2 is 1.83 bits per heavy atom. The van der Waals surface area contributed by atoms with E-state index in [-0.39, 0.29) is 0 Å². The van der Waals surface area contributed by atoms with Crippen molar-refractivity contribution in [2.45, 2.75) is 46.6 Å². The molecule has 0 aliphatic carbocycles. The Balaban J connectivity index is 2.25. The summed E-state index contributed by atoms with van der Waals surface area (Å²) in [6.45, 7) is 12.1. The van der Waals surface area contributed by atoms with E-state index in [1.54, 1.807) is 0 Å². The third-order valence-electron chi connectivity index (χ3n) is 3.16. The van der Waals surface area contributed by atoms with Gasteiger partial charge in [0.15, 0.2) is 0 Å². The van der Waals surface area contributed by atoms with Crippen molar-refractivity contribution in [2.24, 2.45) is 0 Å². The Hall–Kier alpha value is -1.16. The van der Waals surface area contributed by atoms with Crippen LogP contribution in [0.5, 0.6) is 0 Å².